The zero-order chi connectivity index (χ0) is 15.0. The molecule has 1 fully saturated rings. The van der Waals surface area contributed by atoms with Crippen molar-refractivity contribution in [3.05, 3.63) is 0 Å². The number of nitrogens with one attached hydrogen (secondary N) is 1. The highest BCUT2D eigenvalue weighted by Crippen LogP contribution is 2.13. The van der Waals surface area contributed by atoms with Crippen LogP contribution in [-0.2, 0) is 19.5 Å². The average molecular weight is 310 g/mol. The highest BCUT2D eigenvalue weighted by atomic mass is 32.2. The molecule has 0 spiro atoms. The largest absolute Gasteiger partial charge is 0.389 e. The van der Waals surface area contributed by atoms with E-state index in [2.05, 4.69) is 5.32 Å². The maximum Gasteiger partial charge on any atom is 0.211 e. The van der Waals surface area contributed by atoms with Crippen LogP contribution in [0.2, 0.25) is 0 Å². The van der Waals surface area contributed by atoms with Gasteiger partial charge < -0.3 is 19.9 Å². The van der Waals surface area contributed by atoms with Crippen LogP contribution in [0.3, 0.4) is 0 Å². The molecule has 1 aliphatic heterocycles. The number of sulfonamides is 1. The lowest BCUT2D eigenvalue weighted by molar-refractivity contribution is 0.0124. The quantitative estimate of drug-likeness (QED) is 0.533. The highest BCUT2D eigenvalue weighted by molar-refractivity contribution is 7.88. The van der Waals surface area contributed by atoms with Crippen LogP contribution in [0.4, 0.5) is 0 Å². The van der Waals surface area contributed by atoms with Gasteiger partial charge in [-0.15, -0.1) is 0 Å². The van der Waals surface area contributed by atoms with Crippen molar-refractivity contribution in [2.75, 3.05) is 52.8 Å². The molecule has 1 atom stereocenters. The molecule has 0 amide bonds. The van der Waals surface area contributed by atoms with Gasteiger partial charge >= 0.3 is 0 Å². The van der Waals surface area contributed by atoms with Gasteiger partial charge in [-0.05, 0) is 12.8 Å². The summed E-state index contributed by atoms with van der Waals surface area (Å²) in [4.78, 5) is 0. The molecule has 0 radical (unpaired) electrons. The maximum atomic E-state index is 11.4. The lowest BCUT2D eigenvalue weighted by atomic mass is 10.1. The van der Waals surface area contributed by atoms with Crippen molar-refractivity contribution in [3.63, 3.8) is 0 Å². The standard InChI is InChI=1S/C12H26N2O5S/c1-18-7-8-19-10-12(15)9-13-11-3-5-14(6-4-11)20(2,16)17/h11-13,15H,3-10H2,1-2H3. The third-order valence-electron chi connectivity index (χ3n) is 3.31. The summed E-state index contributed by atoms with van der Waals surface area (Å²) in [6.07, 6.45) is 2.22. The first-order valence-corrected chi connectivity index (χ1v) is 8.71. The lowest BCUT2D eigenvalue weighted by Gasteiger charge is -2.31. The van der Waals surface area contributed by atoms with E-state index >= 15 is 0 Å². The molecule has 1 rings (SSSR count). The number of hydrogen-bond donors (Lipinski definition) is 2. The Labute approximate surface area is 121 Å². The fourth-order valence-corrected chi connectivity index (χ4v) is 2.99. The summed E-state index contributed by atoms with van der Waals surface area (Å²) in [5, 5.41) is 13.0. The SMILES string of the molecule is COCCOCC(O)CNC1CCN(S(C)(=O)=O)CC1. The van der Waals surface area contributed by atoms with Crippen LogP contribution in [0, 0.1) is 0 Å². The van der Waals surface area contributed by atoms with Gasteiger partial charge in [-0.25, -0.2) is 12.7 Å². The number of nitrogens with zero attached hydrogens (tertiary/aromatic N) is 1. The minimum absolute atomic E-state index is 0.252. The zero-order valence-corrected chi connectivity index (χ0v) is 13.1. The summed E-state index contributed by atoms with van der Waals surface area (Å²) < 4.78 is 34.3. The van der Waals surface area contributed by atoms with E-state index in [0.29, 0.717) is 32.8 Å². The normalized spacial score (nSPS) is 20.1. The van der Waals surface area contributed by atoms with Gasteiger partial charge in [0.05, 0.1) is 32.2 Å². The third-order valence-corrected chi connectivity index (χ3v) is 4.61. The molecule has 7 nitrogen and oxygen atoms in total. The first-order chi connectivity index (χ1) is 9.43. The van der Waals surface area contributed by atoms with E-state index in [1.807, 2.05) is 0 Å². The molecule has 1 saturated heterocycles. The average Bonchev–Trinajstić information content (AvgIpc) is 2.41. The molecule has 1 heterocycles. The molecule has 0 aromatic heterocycles. The molecular formula is C12H26N2O5S. The number of ether oxygens (including phenoxy) is 2. The summed E-state index contributed by atoms with van der Waals surface area (Å²) >= 11 is 0. The zero-order valence-electron chi connectivity index (χ0n) is 12.2. The number of methoxy groups -OCH3 is 1. The second-order valence-electron chi connectivity index (χ2n) is 5.07. The van der Waals surface area contributed by atoms with Gasteiger partial charge in [-0.1, -0.05) is 0 Å². The molecule has 20 heavy (non-hydrogen) atoms. The molecular weight excluding hydrogens is 284 g/mol. The van der Waals surface area contributed by atoms with Crippen molar-refractivity contribution in [2.24, 2.45) is 0 Å². The maximum absolute atomic E-state index is 11.4. The smallest absolute Gasteiger partial charge is 0.211 e. The second kappa shape index (κ2) is 8.91. The van der Waals surface area contributed by atoms with Crippen molar-refractivity contribution in [3.8, 4) is 0 Å². The Kier molecular flexibility index (Phi) is 7.93. The number of hydrogen-bond acceptors (Lipinski definition) is 6. The molecule has 0 aliphatic carbocycles. The van der Waals surface area contributed by atoms with Crippen molar-refractivity contribution in [2.45, 2.75) is 25.0 Å². The minimum atomic E-state index is -3.07. The highest BCUT2D eigenvalue weighted by Gasteiger charge is 2.24. The topological polar surface area (TPSA) is 88.1 Å². The van der Waals surface area contributed by atoms with E-state index in [4.69, 9.17) is 9.47 Å². The first-order valence-electron chi connectivity index (χ1n) is 6.86. The molecule has 1 unspecified atom stereocenters. The van der Waals surface area contributed by atoms with Crippen LogP contribution in [0.25, 0.3) is 0 Å². The number of aliphatic hydroxyl groups is 1. The monoisotopic (exact) mass is 310 g/mol. The molecule has 0 aromatic rings. The molecule has 0 aromatic carbocycles. The second-order valence-corrected chi connectivity index (χ2v) is 7.05. The van der Waals surface area contributed by atoms with Gasteiger partial charge in [0.1, 0.15) is 0 Å². The van der Waals surface area contributed by atoms with Crippen LogP contribution in [0.1, 0.15) is 12.8 Å². The summed E-state index contributed by atoms with van der Waals surface area (Å²) in [7, 11) is -1.47. The Morgan fingerprint density at radius 2 is 2.00 bits per heavy atom. The van der Waals surface area contributed by atoms with Gasteiger partial charge in [0.15, 0.2) is 0 Å². The van der Waals surface area contributed by atoms with Crippen LogP contribution in [0.5, 0.6) is 0 Å². The molecule has 2 N–H and O–H groups in total. The van der Waals surface area contributed by atoms with Crippen LogP contribution in [-0.4, -0.2) is 82.8 Å². The van der Waals surface area contributed by atoms with Gasteiger partial charge in [0.25, 0.3) is 0 Å². The van der Waals surface area contributed by atoms with Gasteiger partial charge in [-0.2, -0.15) is 0 Å². The van der Waals surface area contributed by atoms with Gasteiger partial charge in [0, 0.05) is 32.8 Å². The number of aliphatic hydroxyl groups excluding tert-OH is 1. The summed E-state index contributed by atoms with van der Waals surface area (Å²) in [6, 6.07) is 0.252. The Morgan fingerprint density at radius 1 is 1.35 bits per heavy atom. The van der Waals surface area contributed by atoms with E-state index in [0.717, 1.165) is 12.8 Å². The Balaban J connectivity index is 2.12. The number of rotatable bonds is 9. The van der Waals surface area contributed by atoms with E-state index in [1.165, 1.54) is 10.6 Å². The summed E-state index contributed by atoms with van der Waals surface area (Å²) in [5.41, 5.74) is 0. The predicted octanol–water partition coefficient (Wildman–Crippen LogP) is -0.976. The van der Waals surface area contributed by atoms with Gasteiger partial charge in [0.2, 0.25) is 10.0 Å². The number of piperidine rings is 1. The van der Waals surface area contributed by atoms with Gasteiger partial charge in [-0.3, -0.25) is 0 Å². The van der Waals surface area contributed by atoms with E-state index < -0.39 is 16.1 Å². The molecule has 1 aliphatic rings. The summed E-state index contributed by atoms with van der Waals surface area (Å²) in [5.74, 6) is 0. The Bertz CT molecular complexity index is 355. The molecule has 120 valence electrons. The Morgan fingerprint density at radius 3 is 2.55 bits per heavy atom. The minimum Gasteiger partial charge on any atom is -0.389 e. The molecule has 0 saturated carbocycles. The van der Waals surface area contributed by atoms with Crippen LogP contribution < -0.4 is 5.32 Å². The van der Waals surface area contributed by atoms with Crippen molar-refractivity contribution >= 4 is 10.0 Å². The predicted molar refractivity (Wildman–Crippen MR) is 76.1 cm³/mol. The Hall–Kier alpha value is -0.250. The molecule has 0 bridgehead atoms. The van der Waals surface area contributed by atoms with E-state index in [9.17, 15) is 13.5 Å². The fraction of sp³-hybridized carbons (Fsp3) is 1.00. The van der Waals surface area contributed by atoms with Crippen molar-refractivity contribution in [1.82, 2.24) is 9.62 Å². The summed E-state index contributed by atoms with van der Waals surface area (Å²) in [6.45, 7) is 2.80. The van der Waals surface area contributed by atoms with E-state index in [1.54, 1.807) is 7.11 Å². The van der Waals surface area contributed by atoms with Crippen molar-refractivity contribution in [1.29, 1.82) is 0 Å². The third kappa shape index (κ3) is 6.96. The van der Waals surface area contributed by atoms with E-state index in [-0.39, 0.29) is 12.6 Å². The van der Waals surface area contributed by atoms with Crippen LogP contribution >= 0.6 is 0 Å². The lowest BCUT2D eigenvalue weighted by Crippen LogP contribution is -2.46. The van der Waals surface area contributed by atoms with Crippen molar-refractivity contribution < 1.29 is 23.0 Å². The fourth-order valence-electron chi connectivity index (χ4n) is 2.11. The molecule has 8 heteroatoms. The first kappa shape index (κ1) is 17.8. The van der Waals surface area contributed by atoms with Crippen LogP contribution in [0.15, 0.2) is 0 Å².